The molecule has 0 aromatic carbocycles. The van der Waals surface area contributed by atoms with Gasteiger partial charge in [0.05, 0.1) is 6.04 Å². The molecule has 0 aromatic heterocycles. The lowest BCUT2D eigenvalue weighted by atomic mass is 9.95. The van der Waals surface area contributed by atoms with Gasteiger partial charge in [0.1, 0.15) is 0 Å². The van der Waals surface area contributed by atoms with Gasteiger partial charge in [-0.1, -0.05) is 24.5 Å². The van der Waals surface area contributed by atoms with Crippen molar-refractivity contribution < 1.29 is 9.47 Å². The molecule has 2 N–H and O–H groups in total. The summed E-state index contributed by atoms with van der Waals surface area (Å²) in [6.07, 6.45) is 9.45. The SMILES string of the molecule is CCOC(OCC)C(N)C1=CCCCCCC1. The van der Waals surface area contributed by atoms with E-state index in [1.165, 1.54) is 31.3 Å². The van der Waals surface area contributed by atoms with Crippen LogP contribution in [0.3, 0.4) is 0 Å². The van der Waals surface area contributed by atoms with E-state index in [0.717, 1.165) is 12.8 Å². The standard InChI is InChI=1S/C14H27NO2/c1-3-16-14(17-4-2)13(15)12-10-8-6-5-7-9-11-12/h10,13-14H,3-9,11,15H2,1-2H3. The van der Waals surface area contributed by atoms with Crippen molar-refractivity contribution >= 4 is 0 Å². The number of nitrogens with two attached hydrogens (primary N) is 1. The quantitative estimate of drug-likeness (QED) is 0.574. The molecule has 0 aromatic rings. The highest BCUT2D eigenvalue weighted by Gasteiger charge is 2.22. The molecule has 3 heteroatoms. The molecule has 1 unspecified atom stereocenters. The average Bonchev–Trinajstić information content (AvgIpc) is 2.27. The summed E-state index contributed by atoms with van der Waals surface area (Å²) in [4.78, 5) is 0. The predicted molar refractivity (Wildman–Crippen MR) is 70.8 cm³/mol. The van der Waals surface area contributed by atoms with Crippen LogP contribution in [0.25, 0.3) is 0 Å². The van der Waals surface area contributed by atoms with E-state index in [1.807, 2.05) is 13.8 Å². The van der Waals surface area contributed by atoms with Crippen LogP contribution < -0.4 is 5.73 Å². The smallest absolute Gasteiger partial charge is 0.176 e. The topological polar surface area (TPSA) is 44.5 Å². The molecule has 0 heterocycles. The first-order valence-electron chi connectivity index (χ1n) is 6.97. The summed E-state index contributed by atoms with van der Waals surface area (Å²) >= 11 is 0. The molecule has 17 heavy (non-hydrogen) atoms. The fourth-order valence-electron chi connectivity index (χ4n) is 2.28. The van der Waals surface area contributed by atoms with E-state index in [-0.39, 0.29) is 12.3 Å². The molecule has 3 nitrogen and oxygen atoms in total. The van der Waals surface area contributed by atoms with Gasteiger partial charge < -0.3 is 15.2 Å². The third-order valence-corrected chi connectivity index (χ3v) is 3.21. The van der Waals surface area contributed by atoms with Crippen molar-refractivity contribution in [3.05, 3.63) is 11.6 Å². The summed E-state index contributed by atoms with van der Waals surface area (Å²) in [6, 6.07) is -0.104. The molecule has 0 spiro atoms. The maximum Gasteiger partial charge on any atom is 0.176 e. The van der Waals surface area contributed by atoms with E-state index in [9.17, 15) is 0 Å². The largest absolute Gasteiger partial charge is 0.351 e. The average molecular weight is 241 g/mol. The summed E-state index contributed by atoms with van der Waals surface area (Å²) in [5.74, 6) is 0. The molecule has 1 aliphatic rings. The van der Waals surface area contributed by atoms with Crippen molar-refractivity contribution in [1.29, 1.82) is 0 Å². The first-order chi connectivity index (χ1) is 8.29. The molecule has 1 aliphatic carbocycles. The number of allylic oxidation sites excluding steroid dienone is 1. The summed E-state index contributed by atoms with van der Waals surface area (Å²) in [6.45, 7) is 5.24. The molecule has 0 saturated heterocycles. The molecule has 0 bridgehead atoms. The highest BCUT2D eigenvalue weighted by molar-refractivity contribution is 5.12. The Morgan fingerprint density at radius 2 is 1.76 bits per heavy atom. The lowest BCUT2D eigenvalue weighted by Crippen LogP contribution is -2.40. The summed E-state index contributed by atoms with van der Waals surface area (Å²) in [5, 5.41) is 0. The summed E-state index contributed by atoms with van der Waals surface area (Å²) in [5.41, 5.74) is 7.58. The van der Waals surface area contributed by atoms with E-state index in [1.54, 1.807) is 0 Å². The minimum absolute atomic E-state index is 0.104. The van der Waals surface area contributed by atoms with Gasteiger partial charge in [-0.25, -0.2) is 0 Å². The highest BCUT2D eigenvalue weighted by Crippen LogP contribution is 2.21. The van der Waals surface area contributed by atoms with Crippen LogP contribution in [0.1, 0.15) is 52.4 Å². The fraction of sp³-hybridized carbons (Fsp3) is 0.857. The molecule has 1 atom stereocenters. The van der Waals surface area contributed by atoms with Crippen molar-refractivity contribution in [3.8, 4) is 0 Å². The Kier molecular flexibility index (Phi) is 7.49. The zero-order valence-corrected chi connectivity index (χ0v) is 11.3. The third-order valence-electron chi connectivity index (χ3n) is 3.21. The van der Waals surface area contributed by atoms with E-state index in [0.29, 0.717) is 13.2 Å². The zero-order valence-electron chi connectivity index (χ0n) is 11.3. The van der Waals surface area contributed by atoms with Gasteiger partial charge in [-0.05, 0) is 39.5 Å². The van der Waals surface area contributed by atoms with Crippen molar-refractivity contribution in [2.45, 2.75) is 64.7 Å². The molecular weight excluding hydrogens is 214 g/mol. The van der Waals surface area contributed by atoms with Gasteiger partial charge >= 0.3 is 0 Å². The Morgan fingerprint density at radius 1 is 1.12 bits per heavy atom. The van der Waals surface area contributed by atoms with Crippen LogP contribution in [0.5, 0.6) is 0 Å². The van der Waals surface area contributed by atoms with E-state index in [4.69, 9.17) is 15.2 Å². The monoisotopic (exact) mass is 241 g/mol. The van der Waals surface area contributed by atoms with Crippen molar-refractivity contribution in [3.63, 3.8) is 0 Å². The molecule has 0 saturated carbocycles. The number of ether oxygens (including phenoxy) is 2. The van der Waals surface area contributed by atoms with Gasteiger partial charge in [-0.15, -0.1) is 0 Å². The van der Waals surface area contributed by atoms with Crippen LogP contribution in [0.4, 0.5) is 0 Å². The number of hydrogen-bond acceptors (Lipinski definition) is 3. The summed E-state index contributed by atoms with van der Waals surface area (Å²) in [7, 11) is 0. The molecule has 1 rings (SSSR count). The van der Waals surface area contributed by atoms with Gasteiger partial charge in [0.2, 0.25) is 0 Å². The first kappa shape index (κ1) is 14.7. The van der Waals surface area contributed by atoms with E-state index in [2.05, 4.69) is 6.08 Å². The van der Waals surface area contributed by atoms with Crippen LogP contribution in [-0.2, 0) is 9.47 Å². The second-order valence-corrected chi connectivity index (χ2v) is 4.54. The van der Waals surface area contributed by atoms with E-state index >= 15 is 0 Å². The Hall–Kier alpha value is -0.380. The van der Waals surface area contributed by atoms with Crippen LogP contribution in [0.15, 0.2) is 11.6 Å². The lowest BCUT2D eigenvalue weighted by Gasteiger charge is -2.26. The Labute approximate surface area is 105 Å². The maximum absolute atomic E-state index is 6.27. The minimum Gasteiger partial charge on any atom is -0.351 e. The van der Waals surface area contributed by atoms with Gasteiger partial charge in [0.15, 0.2) is 6.29 Å². The van der Waals surface area contributed by atoms with Gasteiger partial charge in [0.25, 0.3) is 0 Å². The van der Waals surface area contributed by atoms with Crippen molar-refractivity contribution in [2.24, 2.45) is 5.73 Å². The first-order valence-corrected chi connectivity index (χ1v) is 6.97. The van der Waals surface area contributed by atoms with Gasteiger partial charge in [0, 0.05) is 13.2 Å². The second kappa shape index (κ2) is 8.67. The molecular formula is C14H27NO2. The number of hydrogen-bond donors (Lipinski definition) is 1. The maximum atomic E-state index is 6.27. The zero-order chi connectivity index (χ0) is 12.5. The lowest BCUT2D eigenvalue weighted by molar-refractivity contribution is -0.143. The minimum atomic E-state index is -0.282. The van der Waals surface area contributed by atoms with Crippen molar-refractivity contribution in [2.75, 3.05) is 13.2 Å². The summed E-state index contributed by atoms with van der Waals surface area (Å²) < 4.78 is 11.2. The third kappa shape index (κ3) is 5.19. The molecule has 0 aliphatic heterocycles. The second-order valence-electron chi connectivity index (χ2n) is 4.54. The molecule has 0 amide bonds. The van der Waals surface area contributed by atoms with Gasteiger partial charge in [-0.2, -0.15) is 0 Å². The van der Waals surface area contributed by atoms with Crippen LogP contribution in [-0.4, -0.2) is 25.5 Å². The molecule has 0 radical (unpaired) electrons. The highest BCUT2D eigenvalue weighted by atomic mass is 16.7. The number of rotatable bonds is 6. The Balaban J connectivity index is 2.58. The Bertz CT molecular complexity index is 222. The van der Waals surface area contributed by atoms with Crippen LogP contribution in [0, 0.1) is 0 Å². The van der Waals surface area contributed by atoms with E-state index < -0.39 is 0 Å². The molecule has 100 valence electrons. The predicted octanol–water partition coefficient (Wildman–Crippen LogP) is 2.99. The molecule has 0 fully saturated rings. The fourth-order valence-corrected chi connectivity index (χ4v) is 2.28. The van der Waals surface area contributed by atoms with Gasteiger partial charge in [-0.3, -0.25) is 0 Å². The normalized spacial score (nSPS) is 19.6. The van der Waals surface area contributed by atoms with Crippen molar-refractivity contribution in [1.82, 2.24) is 0 Å². The van der Waals surface area contributed by atoms with Crippen LogP contribution >= 0.6 is 0 Å². The Morgan fingerprint density at radius 3 is 2.41 bits per heavy atom. The van der Waals surface area contributed by atoms with Crippen LogP contribution in [0.2, 0.25) is 0 Å².